The maximum Gasteiger partial charge on any atom is 0.131 e. The van der Waals surface area contributed by atoms with Crippen LogP contribution in [0.25, 0.3) is 0 Å². The van der Waals surface area contributed by atoms with Crippen LogP contribution in [-0.2, 0) is 6.61 Å². The van der Waals surface area contributed by atoms with Crippen LogP contribution in [0.3, 0.4) is 0 Å². The van der Waals surface area contributed by atoms with Crippen LogP contribution >= 0.6 is 24.0 Å². The van der Waals surface area contributed by atoms with Gasteiger partial charge in [0.25, 0.3) is 0 Å². The minimum Gasteiger partial charge on any atom is -0.488 e. The average Bonchev–Trinajstić information content (AvgIpc) is 2.46. The fourth-order valence-corrected chi connectivity index (χ4v) is 3.00. The predicted octanol–water partition coefficient (Wildman–Crippen LogP) is 4.01. The first-order valence-electron chi connectivity index (χ1n) is 6.44. The number of thiocarbonyl (C=S) groups is 1. The first-order valence-corrected chi connectivity index (χ1v) is 7.84. The van der Waals surface area contributed by atoms with Crippen molar-refractivity contribution in [3.05, 3.63) is 59.7 Å². The summed E-state index contributed by atoms with van der Waals surface area (Å²) < 4.78 is 5.89. The van der Waals surface area contributed by atoms with Gasteiger partial charge in [-0.05, 0) is 23.4 Å². The van der Waals surface area contributed by atoms with E-state index in [0.717, 1.165) is 27.5 Å². The zero-order valence-corrected chi connectivity index (χ0v) is 13.0. The smallest absolute Gasteiger partial charge is 0.131 e. The number of hydrogen-bond donors (Lipinski definition) is 1. The van der Waals surface area contributed by atoms with Gasteiger partial charge in [0.2, 0.25) is 0 Å². The van der Waals surface area contributed by atoms with Crippen molar-refractivity contribution in [1.29, 1.82) is 0 Å². The largest absolute Gasteiger partial charge is 0.488 e. The maximum absolute atomic E-state index is 5.89. The van der Waals surface area contributed by atoms with Crippen LogP contribution in [0, 0.1) is 0 Å². The molecule has 0 saturated carbocycles. The molecule has 2 aromatic carbocycles. The van der Waals surface area contributed by atoms with Gasteiger partial charge >= 0.3 is 0 Å². The van der Waals surface area contributed by atoms with Crippen LogP contribution in [0.4, 0.5) is 0 Å². The van der Waals surface area contributed by atoms with Gasteiger partial charge in [0, 0.05) is 4.90 Å². The fourth-order valence-electron chi connectivity index (χ4n) is 1.89. The van der Waals surface area contributed by atoms with Crippen molar-refractivity contribution < 1.29 is 4.74 Å². The molecule has 0 saturated heterocycles. The second-order valence-corrected chi connectivity index (χ2v) is 5.95. The summed E-state index contributed by atoms with van der Waals surface area (Å²) in [4.78, 5) is 1.45. The highest BCUT2D eigenvalue weighted by molar-refractivity contribution is 7.99. The lowest BCUT2D eigenvalue weighted by atomic mass is 10.2. The molecule has 0 spiro atoms. The minimum absolute atomic E-state index is 0.379. The molecule has 0 aliphatic rings. The van der Waals surface area contributed by atoms with E-state index < -0.39 is 0 Å². The first kappa shape index (κ1) is 14.9. The van der Waals surface area contributed by atoms with E-state index >= 15 is 0 Å². The molecule has 2 N–H and O–H groups in total. The molecule has 0 radical (unpaired) electrons. The Morgan fingerprint density at radius 2 is 1.90 bits per heavy atom. The van der Waals surface area contributed by atoms with Crippen molar-refractivity contribution in [2.24, 2.45) is 5.73 Å². The van der Waals surface area contributed by atoms with E-state index in [1.165, 1.54) is 0 Å². The first-order chi connectivity index (χ1) is 9.72. The third-order valence-electron chi connectivity index (χ3n) is 2.77. The minimum atomic E-state index is 0.379. The van der Waals surface area contributed by atoms with Crippen LogP contribution in [-0.4, -0.2) is 10.7 Å². The molecule has 0 bridgehead atoms. The molecule has 2 aromatic rings. The number of ether oxygens (including phenoxy) is 1. The Kier molecular flexibility index (Phi) is 5.44. The van der Waals surface area contributed by atoms with E-state index in [-0.39, 0.29) is 0 Å². The van der Waals surface area contributed by atoms with Gasteiger partial charge in [0.15, 0.2) is 0 Å². The second-order valence-electron chi connectivity index (χ2n) is 4.20. The number of rotatable bonds is 6. The normalized spacial score (nSPS) is 10.2. The Balaban J connectivity index is 2.22. The molecule has 0 unspecified atom stereocenters. The number of nitrogens with two attached hydrogens (primary N) is 1. The van der Waals surface area contributed by atoms with Gasteiger partial charge in [-0.2, -0.15) is 0 Å². The zero-order chi connectivity index (χ0) is 14.4. The lowest BCUT2D eigenvalue weighted by molar-refractivity contribution is 0.305. The Morgan fingerprint density at radius 1 is 1.15 bits per heavy atom. The molecule has 104 valence electrons. The monoisotopic (exact) mass is 303 g/mol. The summed E-state index contributed by atoms with van der Waals surface area (Å²) in [6, 6.07) is 16.0. The van der Waals surface area contributed by atoms with Crippen molar-refractivity contribution in [3.63, 3.8) is 0 Å². The Bertz CT molecular complexity index is 584. The van der Waals surface area contributed by atoms with Crippen molar-refractivity contribution in [1.82, 2.24) is 0 Å². The van der Waals surface area contributed by atoms with E-state index in [0.29, 0.717) is 11.6 Å². The van der Waals surface area contributed by atoms with Gasteiger partial charge in [-0.3, -0.25) is 0 Å². The van der Waals surface area contributed by atoms with Gasteiger partial charge < -0.3 is 10.5 Å². The molecule has 4 heteroatoms. The number of hydrogen-bond acceptors (Lipinski definition) is 3. The van der Waals surface area contributed by atoms with Crippen molar-refractivity contribution >= 4 is 29.0 Å². The Hall–Kier alpha value is -1.52. The van der Waals surface area contributed by atoms with Crippen LogP contribution in [0.15, 0.2) is 53.4 Å². The highest BCUT2D eigenvalue weighted by atomic mass is 32.2. The molecule has 2 nitrogen and oxygen atoms in total. The molecule has 2 rings (SSSR count). The lowest BCUT2D eigenvalue weighted by Gasteiger charge is -2.14. The van der Waals surface area contributed by atoms with E-state index in [9.17, 15) is 0 Å². The molecule has 0 amide bonds. The topological polar surface area (TPSA) is 35.2 Å². The van der Waals surface area contributed by atoms with Gasteiger partial charge in [0.05, 0.1) is 5.56 Å². The van der Waals surface area contributed by atoms with Crippen LogP contribution < -0.4 is 10.5 Å². The Morgan fingerprint density at radius 3 is 2.55 bits per heavy atom. The average molecular weight is 303 g/mol. The summed E-state index contributed by atoms with van der Waals surface area (Å²) >= 11 is 6.89. The summed E-state index contributed by atoms with van der Waals surface area (Å²) in [5, 5.41) is 0. The molecule has 0 aliphatic carbocycles. The van der Waals surface area contributed by atoms with Gasteiger partial charge in [-0.25, -0.2) is 0 Å². The molecule has 20 heavy (non-hydrogen) atoms. The zero-order valence-electron chi connectivity index (χ0n) is 11.3. The van der Waals surface area contributed by atoms with Crippen LogP contribution in [0.5, 0.6) is 5.75 Å². The molecular weight excluding hydrogens is 286 g/mol. The van der Waals surface area contributed by atoms with Crippen LogP contribution in [0.2, 0.25) is 0 Å². The third kappa shape index (κ3) is 3.74. The summed E-state index contributed by atoms with van der Waals surface area (Å²) in [5.74, 6) is 1.72. The van der Waals surface area contributed by atoms with Crippen molar-refractivity contribution in [3.8, 4) is 5.75 Å². The molecule has 0 heterocycles. The maximum atomic E-state index is 5.89. The quantitative estimate of drug-likeness (QED) is 0.646. The molecule has 0 atom stereocenters. The lowest BCUT2D eigenvalue weighted by Crippen LogP contribution is -2.13. The predicted molar refractivity (Wildman–Crippen MR) is 89.5 cm³/mol. The fraction of sp³-hybridized carbons (Fsp3) is 0.188. The standard InChI is InChI=1S/C16H17NOS2/c1-2-20-14-10-6-9-13(15(14)16(17)19)18-11-12-7-4-3-5-8-12/h3-10H,2,11H2,1H3,(H2,17,19). The van der Waals surface area contributed by atoms with E-state index in [1.54, 1.807) is 11.8 Å². The van der Waals surface area contributed by atoms with E-state index in [4.69, 9.17) is 22.7 Å². The summed E-state index contributed by atoms with van der Waals surface area (Å²) in [6.45, 7) is 2.61. The summed E-state index contributed by atoms with van der Waals surface area (Å²) in [6.07, 6.45) is 0. The Labute approximate surface area is 129 Å². The van der Waals surface area contributed by atoms with Gasteiger partial charge in [0.1, 0.15) is 17.3 Å². The van der Waals surface area contributed by atoms with Gasteiger partial charge in [-0.1, -0.05) is 55.5 Å². The SMILES string of the molecule is CCSc1cccc(OCc2ccccc2)c1C(N)=S. The summed E-state index contributed by atoms with van der Waals surface area (Å²) in [5.41, 5.74) is 7.81. The molecule has 0 aliphatic heterocycles. The highest BCUT2D eigenvalue weighted by Gasteiger charge is 2.12. The molecular formula is C16H17NOS2. The van der Waals surface area contributed by atoms with E-state index in [1.807, 2.05) is 48.5 Å². The molecule has 0 fully saturated rings. The molecule has 0 aromatic heterocycles. The van der Waals surface area contributed by atoms with E-state index in [2.05, 4.69) is 6.92 Å². The number of benzene rings is 2. The number of thioether (sulfide) groups is 1. The van der Waals surface area contributed by atoms with Crippen LogP contribution in [0.1, 0.15) is 18.1 Å². The van der Waals surface area contributed by atoms with Crippen molar-refractivity contribution in [2.75, 3.05) is 5.75 Å². The summed E-state index contributed by atoms with van der Waals surface area (Å²) in [7, 11) is 0. The van der Waals surface area contributed by atoms with Gasteiger partial charge in [-0.15, -0.1) is 11.8 Å². The third-order valence-corrected chi connectivity index (χ3v) is 3.92. The van der Waals surface area contributed by atoms with Crippen molar-refractivity contribution in [2.45, 2.75) is 18.4 Å². The highest BCUT2D eigenvalue weighted by Crippen LogP contribution is 2.30. The second kappa shape index (κ2) is 7.31.